The van der Waals surface area contributed by atoms with Gasteiger partial charge in [0.15, 0.2) is 17.5 Å². The molecule has 8 aromatic rings. The summed E-state index contributed by atoms with van der Waals surface area (Å²) in [6.45, 7) is 4.74. The molecule has 46 heavy (non-hydrogen) atoms. The van der Waals surface area contributed by atoms with E-state index in [1.807, 2.05) is 72.0 Å². The maximum atomic E-state index is 4.97. The van der Waals surface area contributed by atoms with Crippen molar-refractivity contribution in [1.29, 1.82) is 0 Å². The van der Waals surface area contributed by atoms with Crippen molar-refractivity contribution in [3.8, 4) is 56.4 Å². The van der Waals surface area contributed by atoms with Gasteiger partial charge in [-0.3, -0.25) is 0 Å². The van der Waals surface area contributed by atoms with Gasteiger partial charge in [-0.25, -0.2) is 15.0 Å². The van der Waals surface area contributed by atoms with Gasteiger partial charge in [0.1, 0.15) is 0 Å². The Kier molecular flexibility index (Phi) is 6.02. The summed E-state index contributed by atoms with van der Waals surface area (Å²) in [6.07, 6.45) is 0. The topological polar surface area (TPSA) is 38.7 Å². The van der Waals surface area contributed by atoms with Crippen LogP contribution in [-0.2, 0) is 5.41 Å². The predicted molar refractivity (Wildman–Crippen MR) is 192 cm³/mol. The van der Waals surface area contributed by atoms with E-state index >= 15 is 0 Å². The minimum Gasteiger partial charge on any atom is -0.208 e. The van der Waals surface area contributed by atoms with Gasteiger partial charge in [0.25, 0.3) is 0 Å². The molecule has 0 radical (unpaired) electrons. The zero-order valence-corrected chi connectivity index (χ0v) is 26.3. The second kappa shape index (κ2) is 10.3. The smallest absolute Gasteiger partial charge is 0.164 e. The molecule has 0 saturated heterocycles. The van der Waals surface area contributed by atoms with Crippen LogP contribution in [0.25, 0.3) is 76.6 Å². The van der Waals surface area contributed by atoms with Crippen LogP contribution in [0.4, 0.5) is 0 Å². The van der Waals surface area contributed by atoms with Gasteiger partial charge in [-0.2, -0.15) is 0 Å². The molecule has 0 unspecified atom stereocenters. The van der Waals surface area contributed by atoms with Crippen molar-refractivity contribution in [2.45, 2.75) is 19.3 Å². The normalized spacial score (nSPS) is 13.2. The fourth-order valence-electron chi connectivity index (χ4n) is 7.10. The van der Waals surface area contributed by atoms with Crippen molar-refractivity contribution < 1.29 is 0 Å². The van der Waals surface area contributed by atoms with E-state index in [1.165, 1.54) is 48.0 Å². The van der Waals surface area contributed by atoms with Gasteiger partial charge in [-0.1, -0.05) is 129 Å². The maximum Gasteiger partial charge on any atom is 0.164 e. The lowest BCUT2D eigenvalue weighted by atomic mass is 9.80. The Hall–Kier alpha value is -5.45. The van der Waals surface area contributed by atoms with Crippen LogP contribution in [-0.4, -0.2) is 15.0 Å². The van der Waals surface area contributed by atoms with E-state index in [0.717, 1.165) is 22.3 Å². The summed E-state index contributed by atoms with van der Waals surface area (Å²) in [4.78, 5) is 14.8. The summed E-state index contributed by atoms with van der Waals surface area (Å²) in [6, 6.07) is 49.3. The quantitative estimate of drug-likeness (QED) is 0.200. The predicted octanol–water partition coefficient (Wildman–Crippen LogP) is 11.2. The molecule has 1 aliphatic rings. The first-order valence-electron chi connectivity index (χ1n) is 15.6. The molecule has 0 saturated carbocycles. The van der Waals surface area contributed by atoms with Gasteiger partial charge < -0.3 is 0 Å². The molecule has 0 fully saturated rings. The minimum absolute atomic E-state index is 0.0685. The molecule has 0 amide bonds. The van der Waals surface area contributed by atoms with Crippen LogP contribution in [0.3, 0.4) is 0 Å². The van der Waals surface area contributed by atoms with Crippen LogP contribution in [0.1, 0.15) is 25.0 Å². The Bertz CT molecular complexity index is 2380. The molecule has 1 aliphatic carbocycles. The summed E-state index contributed by atoms with van der Waals surface area (Å²) in [5, 5.41) is 2.70. The van der Waals surface area contributed by atoms with Gasteiger partial charge in [0.2, 0.25) is 0 Å². The van der Waals surface area contributed by atoms with Gasteiger partial charge in [-0.05, 0) is 57.6 Å². The molecule has 0 spiro atoms. The largest absolute Gasteiger partial charge is 0.208 e. The molecule has 218 valence electrons. The molecule has 2 aromatic heterocycles. The molecule has 4 heteroatoms. The number of thiophene rings is 1. The van der Waals surface area contributed by atoms with Crippen molar-refractivity contribution in [1.82, 2.24) is 15.0 Å². The first kappa shape index (κ1) is 26.9. The lowest BCUT2D eigenvalue weighted by Gasteiger charge is -2.22. The molecule has 9 rings (SSSR count). The molecule has 0 aliphatic heterocycles. The number of benzene rings is 6. The Balaban J connectivity index is 1.19. The second-order valence-electron chi connectivity index (χ2n) is 12.5. The van der Waals surface area contributed by atoms with Crippen molar-refractivity contribution in [2.24, 2.45) is 0 Å². The molecule has 3 nitrogen and oxygen atoms in total. The lowest BCUT2D eigenvalue weighted by molar-refractivity contribution is 0.667. The summed E-state index contributed by atoms with van der Waals surface area (Å²) in [5.41, 5.74) is 10.7. The summed E-state index contributed by atoms with van der Waals surface area (Å²) in [7, 11) is 0. The zero-order chi connectivity index (χ0) is 30.8. The Morgan fingerprint density at radius 1 is 0.457 bits per heavy atom. The van der Waals surface area contributed by atoms with Crippen LogP contribution in [0.2, 0.25) is 0 Å². The fraction of sp³-hybridized carbons (Fsp3) is 0.0714. The van der Waals surface area contributed by atoms with Gasteiger partial charge >= 0.3 is 0 Å². The Morgan fingerprint density at radius 2 is 1.02 bits per heavy atom. The van der Waals surface area contributed by atoms with Crippen molar-refractivity contribution in [2.75, 3.05) is 0 Å². The lowest BCUT2D eigenvalue weighted by Crippen LogP contribution is -2.15. The van der Waals surface area contributed by atoms with Gasteiger partial charge in [0, 0.05) is 42.3 Å². The van der Waals surface area contributed by atoms with Crippen LogP contribution in [0.5, 0.6) is 0 Å². The monoisotopic (exact) mass is 607 g/mol. The maximum absolute atomic E-state index is 4.97. The van der Waals surface area contributed by atoms with E-state index in [2.05, 4.69) is 92.7 Å². The molecular formula is C42H29N3S. The number of hydrogen-bond acceptors (Lipinski definition) is 4. The van der Waals surface area contributed by atoms with E-state index in [0.29, 0.717) is 17.5 Å². The van der Waals surface area contributed by atoms with Crippen LogP contribution >= 0.6 is 11.3 Å². The highest BCUT2D eigenvalue weighted by atomic mass is 32.1. The highest BCUT2D eigenvalue weighted by Gasteiger charge is 2.37. The van der Waals surface area contributed by atoms with Crippen LogP contribution in [0, 0.1) is 0 Å². The first-order chi connectivity index (χ1) is 22.5. The molecule has 0 bridgehead atoms. The van der Waals surface area contributed by atoms with Gasteiger partial charge in [-0.15, -0.1) is 11.3 Å². The third kappa shape index (κ3) is 4.22. The highest BCUT2D eigenvalue weighted by molar-refractivity contribution is 7.25. The van der Waals surface area contributed by atoms with E-state index < -0.39 is 0 Å². The second-order valence-corrected chi connectivity index (χ2v) is 13.5. The highest BCUT2D eigenvalue weighted by Crippen LogP contribution is 2.54. The molecular weight excluding hydrogens is 579 g/mol. The van der Waals surface area contributed by atoms with E-state index in [4.69, 9.17) is 15.0 Å². The number of hydrogen-bond donors (Lipinski definition) is 0. The summed E-state index contributed by atoms with van der Waals surface area (Å²) >= 11 is 1.88. The third-order valence-electron chi connectivity index (χ3n) is 9.30. The van der Waals surface area contributed by atoms with Crippen molar-refractivity contribution >= 4 is 31.5 Å². The minimum atomic E-state index is -0.0685. The summed E-state index contributed by atoms with van der Waals surface area (Å²) in [5.74, 6) is 1.99. The summed E-state index contributed by atoms with van der Waals surface area (Å²) < 4.78 is 2.65. The Morgan fingerprint density at radius 3 is 1.74 bits per heavy atom. The molecule has 2 heterocycles. The van der Waals surface area contributed by atoms with Crippen molar-refractivity contribution in [3.63, 3.8) is 0 Å². The van der Waals surface area contributed by atoms with Crippen LogP contribution < -0.4 is 0 Å². The average molecular weight is 608 g/mol. The molecule has 0 N–H and O–H groups in total. The molecule has 6 aromatic carbocycles. The average Bonchev–Trinajstić information content (AvgIpc) is 3.60. The third-order valence-corrected chi connectivity index (χ3v) is 10.4. The van der Waals surface area contributed by atoms with E-state index in [9.17, 15) is 0 Å². The molecule has 0 atom stereocenters. The number of aromatic nitrogens is 3. The van der Waals surface area contributed by atoms with E-state index in [1.54, 1.807) is 0 Å². The Labute approximate surface area is 271 Å². The number of rotatable bonds is 4. The number of nitrogens with zero attached hydrogens (tertiary/aromatic N) is 3. The standard InChI is InChI=1S/C42H29N3S/c1-42(2)34-19-10-9-18-31(34)32-21-23-36-37(38(32)42)33-25-29(20-22-35(33)46-36)28-16-11-17-30(24-28)41-44-39(26-12-5-3-6-13-26)43-40(45-41)27-14-7-4-8-15-27/h3-25H,1-2H3. The van der Waals surface area contributed by atoms with E-state index in [-0.39, 0.29) is 5.41 Å². The first-order valence-corrected chi connectivity index (χ1v) is 16.4. The van der Waals surface area contributed by atoms with Crippen LogP contribution in [0.15, 0.2) is 140 Å². The van der Waals surface area contributed by atoms with Crippen molar-refractivity contribution in [3.05, 3.63) is 151 Å². The van der Waals surface area contributed by atoms with Gasteiger partial charge in [0.05, 0.1) is 0 Å². The zero-order valence-electron chi connectivity index (χ0n) is 25.5. The number of fused-ring (bicyclic) bond motifs is 7. The SMILES string of the molecule is CC1(C)c2ccccc2-c2ccc3sc4ccc(-c5cccc(-c6nc(-c7ccccc7)nc(-c7ccccc7)n6)c5)cc4c3c21. The fourth-order valence-corrected chi connectivity index (χ4v) is 8.19.